The Morgan fingerprint density at radius 2 is 1.58 bits per heavy atom. The maximum atomic E-state index is 5.53. The van der Waals surface area contributed by atoms with Gasteiger partial charge in [-0.1, -0.05) is 0 Å². The smallest absolute Gasteiger partial charge is 0.230 e. The molecule has 0 unspecified atom stereocenters. The highest BCUT2D eigenvalue weighted by Crippen LogP contribution is 2.57. The lowest BCUT2D eigenvalue weighted by Crippen LogP contribution is -2.45. The van der Waals surface area contributed by atoms with E-state index in [1.54, 1.807) is 0 Å². The van der Waals surface area contributed by atoms with E-state index in [-0.39, 0.29) is 0 Å². The van der Waals surface area contributed by atoms with Gasteiger partial charge in [0.1, 0.15) is 0 Å². The Balaban J connectivity index is 1.40. The molecule has 0 spiro atoms. The maximum absolute atomic E-state index is 5.53. The first kappa shape index (κ1) is 11.9. The normalized spacial score (nSPS) is 39.9. The molecule has 0 amide bonds. The third kappa shape index (κ3) is 2.10. The summed E-state index contributed by atoms with van der Waals surface area (Å²) in [4.78, 5) is 0. The van der Waals surface area contributed by atoms with Crippen LogP contribution in [-0.4, -0.2) is 10.2 Å². The van der Waals surface area contributed by atoms with Crippen LogP contribution in [0.3, 0.4) is 0 Å². The molecule has 4 aliphatic carbocycles. The van der Waals surface area contributed by atoms with Gasteiger partial charge in [-0.25, -0.2) is 0 Å². The van der Waals surface area contributed by atoms with Crippen molar-refractivity contribution in [3.8, 4) is 0 Å². The minimum Gasteiger partial charge on any atom is -0.424 e. The molecule has 2 N–H and O–H groups in total. The molecular formula is C15H23N3O. The molecule has 1 heterocycles. The summed E-state index contributed by atoms with van der Waals surface area (Å²) in [7, 11) is 0. The SMILES string of the molecule is NCc1nnc(CCC2C3CC4CC(C3)CC2C4)o1. The quantitative estimate of drug-likeness (QED) is 0.904. The standard InChI is InChI=1S/C15H23N3O/c16-8-15-18-17-14(19-15)2-1-13-11-4-9-3-10(6-11)7-12(13)5-9/h9-13H,1-8,16H2. The van der Waals surface area contributed by atoms with Crippen LogP contribution in [0.25, 0.3) is 0 Å². The van der Waals surface area contributed by atoms with E-state index in [1.807, 2.05) is 0 Å². The zero-order valence-electron chi connectivity index (χ0n) is 11.4. The van der Waals surface area contributed by atoms with Crippen LogP contribution in [0.5, 0.6) is 0 Å². The van der Waals surface area contributed by atoms with Gasteiger partial charge in [-0.05, 0) is 68.1 Å². The van der Waals surface area contributed by atoms with E-state index in [4.69, 9.17) is 10.2 Å². The number of aromatic nitrogens is 2. The molecule has 4 bridgehead atoms. The third-order valence-electron chi connectivity index (χ3n) is 5.80. The zero-order valence-corrected chi connectivity index (χ0v) is 11.4. The van der Waals surface area contributed by atoms with Crippen LogP contribution in [0.15, 0.2) is 4.42 Å². The highest BCUT2D eigenvalue weighted by Gasteiger charge is 2.47. The van der Waals surface area contributed by atoms with Crippen LogP contribution in [0.2, 0.25) is 0 Å². The van der Waals surface area contributed by atoms with Crippen molar-refractivity contribution in [3.05, 3.63) is 11.8 Å². The van der Waals surface area contributed by atoms with Crippen LogP contribution >= 0.6 is 0 Å². The van der Waals surface area contributed by atoms with Gasteiger partial charge < -0.3 is 10.2 Å². The number of nitrogens with zero attached hydrogens (tertiary/aromatic N) is 2. The Morgan fingerprint density at radius 1 is 0.947 bits per heavy atom. The van der Waals surface area contributed by atoms with Crippen molar-refractivity contribution in [3.63, 3.8) is 0 Å². The van der Waals surface area contributed by atoms with Crippen molar-refractivity contribution in [1.29, 1.82) is 0 Å². The van der Waals surface area contributed by atoms with Crippen molar-refractivity contribution in [2.24, 2.45) is 35.3 Å². The zero-order chi connectivity index (χ0) is 12.8. The molecule has 0 aliphatic heterocycles. The van der Waals surface area contributed by atoms with Gasteiger partial charge in [0.25, 0.3) is 0 Å². The summed E-state index contributed by atoms with van der Waals surface area (Å²) >= 11 is 0. The van der Waals surface area contributed by atoms with E-state index < -0.39 is 0 Å². The molecule has 0 aromatic carbocycles. The Kier molecular flexibility index (Phi) is 2.87. The first-order valence-corrected chi connectivity index (χ1v) is 7.83. The molecule has 1 aromatic heterocycles. The maximum Gasteiger partial charge on any atom is 0.230 e. The van der Waals surface area contributed by atoms with Crippen LogP contribution in [0.1, 0.15) is 50.3 Å². The lowest BCUT2D eigenvalue weighted by Gasteiger charge is -2.54. The average molecular weight is 261 g/mol. The summed E-state index contributed by atoms with van der Waals surface area (Å²) in [5, 5.41) is 8.04. The monoisotopic (exact) mass is 261 g/mol. The minimum absolute atomic E-state index is 0.352. The van der Waals surface area contributed by atoms with Crippen LogP contribution in [0, 0.1) is 29.6 Å². The van der Waals surface area contributed by atoms with Crippen molar-refractivity contribution < 1.29 is 4.42 Å². The van der Waals surface area contributed by atoms with E-state index in [0.29, 0.717) is 12.4 Å². The van der Waals surface area contributed by atoms with Crippen molar-refractivity contribution in [1.82, 2.24) is 10.2 Å². The molecule has 0 radical (unpaired) electrons. The van der Waals surface area contributed by atoms with Crippen LogP contribution < -0.4 is 5.73 Å². The molecule has 4 saturated carbocycles. The van der Waals surface area contributed by atoms with Gasteiger partial charge in [-0.15, -0.1) is 10.2 Å². The molecule has 1 aromatic rings. The molecule has 5 rings (SSSR count). The van der Waals surface area contributed by atoms with Gasteiger partial charge in [-0.2, -0.15) is 0 Å². The van der Waals surface area contributed by atoms with Gasteiger partial charge >= 0.3 is 0 Å². The molecular weight excluding hydrogens is 238 g/mol. The van der Waals surface area contributed by atoms with Gasteiger partial charge in [0.05, 0.1) is 6.54 Å². The van der Waals surface area contributed by atoms with Crippen molar-refractivity contribution in [2.75, 3.05) is 0 Å². The summed E-state index contributed by atoms with van der Waals surface area (Å²) in [5.41, 5.74) is 5.50. The molecule has 0 atom stereocenters. The number of hydrogen-bond acceptors (Lipinski definition) is 4. The Bertz CT molecular complexity index is 428. The second kappa shape index (κ2) is 4.58. The summed E-state index contributed by atoms with van der Waals surface area (Å²) in [5.74, 6) is 6.38. The Labute approximate surface area is 114 Å². The molecule has 4 fully saturated rings. The average Bonchev–Trinajstić information content (AvgIpc) is 2.85. The molecule has 4 aliphatic rings. The topological polar surface area (TPSA) is 64.9 Å². The third-order valence-corrected chi connectivity index (χ3v) is 5.80. The van der Waals surface area contributed by atoms with E-state index in [9.17, 15) is 0 Å². The van der Waals surface area contributed by atoms with Crippen molar-refractivity contribution in [2.45, 2.75) is 51.5 Å². The number of aryl methyl sites for hydroxylation is 1. The van der Waals surface area contributed by atoms with E-state index in [1.165, 1.54) is 38.5 Å². The van der Waals surface area contributed by atoms with E-state index in [2.05, 4.69) is 10.2 Å². The molecule has 4 heteroatoms. The highest BCUT2D eigenvalue weighted by atomic mass is 16.4. The predicted molar refractivity (Wildman–Crippen MR) is 71.0 cm³/mol. The fraction of sp³-hybridized carbons (Fsp3) is 0.867. The van der Waals surface area contributed by atoms with Gasteiger partial charge in [0.15, 0.2) is 0 Å². The fourth-order valence-corrected chi connectivity index (χ4v) is 5.27. The lowest BCUT2D eigenvalue weighted by atomic mass is 9.51. The number of hydrogen-bond donors (Lipinski definition) is 1. The van der Waals surface area contributed by atoms with E-state index in [0.717, 1.165) is 41.9 Å². The predicted octanol–water partition coefficient (Wildman–Crippen LogP) is 2.53. The second-order valence-electron chi connectivity index (χ2n) is 6.93. The number of rotatable bonds is 4. The molecule has 19 heavy (non-hydrogen) atoms. The summed E-state index contributed by atoms with van der Waals surface area (Å²) in [6, 6.07) is 0. The summed E-state index contributed by atoms with van der Waals surface area (Å²) < 4.78 is 5.53. The Hall–Kier alpha value is -0.900. The largest absolute Gasteiger partial charge is 0.424 e. The van der Waals surface area contributed by atoms with Gasteiger partial charge in [-0.3, -0.25) is 0 Å². The van der Waals surface area contributed by atoms with Gasteiger partial charge in [0, 0.05) is 6.42 Å². The van der Waals surface area contributed by atoms with Crippen LogP contribution in [-0.2, 0) is 13.0 Å². The van der Waals surface area contributed by atoms with Gasteiger partial charge in [0.2, 0.25) is 11.8 Å². The van der Waals surface area contributed by atoms with E-state index >= 15 is 0 Å². The van der Waals surface area contributed by atoms with Crippen LogP contribution in [0.4, 0.5) is 0 Å². The fourth-order valence-electron chi connectivity index (χ4n) is 5.27. The van der Waals surface area contributed by atoms with Crippen molar-refractivity contribution >= 4 is 0 Å². The molecule has 0 saturated heterocycles. The minimum atomic E-state index is 0.352. The summed E-state index contributed by atoms with van der Waals surface area (Å²) in [6.45, 7) is 0.352. The molecule has 4 nitrogen and oxygen atoms in total. The number of nitrogens with two attached hydrogens (primary N) is 1. The lowest BCUT2D eigenvalue weighted by molar-refractivity contribution is -0.0399. The first-order chi connectivity index (χ1) is 9.31. The summed E-state index contributed by atoms with van der Waals surface area (Å²) in [6.07, 6.45) is 9.69. The second-order valence-corrected chi connectivity index (χ2v) is 6.93. The highest BCUT2D eigenvalue weighted by molar-refractivity contribution is 4.98. The Morgan fingerprint density at radius 3 is 2.16 bits per heavy atom. The first-order valence-electron chi connectivity index (χ1n) is 7.83. The molecule has 104 valence electrons.